The van der Waals surface area contributed by atoms with E-state index in [1.807, 2.05) is 30.5 Å². The molecule has 4 rings (SSSR count). The van der Waals surface area contributed by atoms with Crippen LogP contribution >= 0.6 is 0 Å². The number of phenols is 1. The van der Waals surface area contributed by atoms with Crippen molar-refractivity contribution in [1.29, 1.82) is 0 Å². The van der Waals surface area contributed by atoms with Crippen molar-refractivity contribution in [3.05, 3.63) is 71.5 Å². The van der Waals surface area contributed by atoms with Crippen molar-refractivity contribution in [2.75, 3.05) is 6.54 Å². The summed E-state index contributed by atoms with van der Waals surface area (Å²) in [4.78, 5) is 18.8. The summed E-state index contributed by atoms with van der Waals surface area (Å²) in [6.45, 7) is 5.50. The molecule has 0 unspecified atom stereocenters. The van der Waals surface area contributed by atoms with Crippen LogP contribution in [0.3, 0.4) is 0 Å². The lowest BCUT2D eigenvalue weighted by Gasteiger charge is -2.30. The number of benzene rings is 2. The SMILES string of the molecule is CCCCn1c(CN(Cc2ccc(O)c(C(=O)O)c2)CC2CCCCC2)cnc1-c1ccccc1. The van der Waals surface area contributed by atoms with E-state index in [4.69, 9.17) is 4.98 Å². The Kier molecular flexibility index (Phi) is 8.59. The highest BCUT2D eigenvalue weighted by molar-refractivity contribution is 5.90. The van der Waals surface area contributed by atoms with E-state index in [0.717, 1.165) is 49.4 Å². The van der Waals surface area contributed by atoms with E-state index >= 15 is 0 Å². The van der Waals surface area contributed by atoms with Gasteiger partial charge in [0.2, 0.25) is 0 Å². The molecule has 6 heteroatoms. The van der Waals surface area contributed by atoms with Crippen molar-refractivity contribution in [3.8, 4) is 17.1 Å². The number of imidazole rings is 1. The Bertz CT molecular complexity index is 1100. The van der Waals surface area contributed by atoms with Gasteiger partial charge >= 0.3 is 5.97 Å². The molecule has 2 aromatic carbocycles. The second kappa shape index (κ2) is 12.0. The van der Waals surface area contributed by atoms with Crippen molar-refractivity contribution in [2.24, 2.45) is 5.92 Å². The topological polar surface area (TPSA) is 78.6 Å². The monoisotopic (exact) mass is 475 g/mol. The van der Waals surface area contributed by atoms with Crippen molar-refractivity contribution >= 4 is 5.97 Å². The number of carboxylic acid groups (broad SMARTS) is 1. The van der Waals surface area contributed by atoms with Crippen LogP contribution in [-0.4, -0.2) is 37.2 Å². The van der Waals surface area contributed by atoms with Gasteiger partial charge in [0.1, 0.15) is 17.1 Å². The van der Waals surface area contributed by atoms with Crippen molar-refractivity contribution < 1.29 is 15.0 Å². The molecule has 2 N–H and O–H groups in total. The average Bonchev–Trinajstić information content (AvgIpc) is 3.27. The second-order valence-corrected chi connectivity index (χ2v) is 9.77. The highest BCUT2D eigenvalue weighted by atomic mass is 16.4. The van der Waals surface area contributed by atoms with E-state index in [1.54, 1.807) is 6.07 Å². The van der Waals surface area contributed by atoms with Crippen LogP contribution in [0.1, 0.15) is 73.5 Å². The summed E-state index contributed by atoms with van der Waals surface area (Å²) in [5.41, 5.74) is 3.17. The first-order valence-electron chi connectivity index (χ1n) is 12.9. The number of hydrogen-bond donors (Lipinski definition) is 2. The van der Waals surface area contributed by atoms with Gasteiger partial charge in [-0.2, -0.15) is 0 Å². The molecule has 0 amide bonds. The Morgan fingerprint density at radius 2 is 1.86 bits per heavy atom. The smallest absolute Gasteiger partial charge is 0.339 e. The number of unbranched alkanes of at least 4 members (excludes halogenated alkanes) is 1. The zero-order valence-corrected chi connectivity index (χ0v) is 20.7. The molecule has 0 aliphatic heterocycles. The first-order chi connectivity index (χ1) is 17.0. The number of nitrogens with zero attached hydrogens (tertiary/aromatic N) is 3. The van der Waals surface area contributed by atoms with Gasteiger partial charge in [-0.15, -0.1) is 0 Å². The maximum Gasteiger partial charge on any atom is 0.339 e. The summed E-state index contributed by atoms with van der Waals surface area (Å²) in [6, 6.07) is 15.3. The van der Waals surface area contributed by atoms with Gasteiger partial charge in [-0.25, -0.2) is 9.78 Å². The summed E-state index contributed by atoms with van der Waals surface area (Å²) in [5, 5.41) is 19.4. The number of carbonyl (C=O) groups is 1. The lowest BCUT2D eigenvalue weighted by molar-refractivity contribution is 0.0693. The molecule has 1 heterocycles. The third-order valence-electron chi connectivity index (χ3n) is 7.03. The summed E-state index contributed by atoms with van der Waals surface area (Å²) in [7, 11) is 0. The number of aromatic hydroxyl groups is 1. The van der Waals surface area contributed by atoms with Crippen LogP contribution in [0.2, 0.25) is 0 Å². The number of aromatic nitrogens is 2. The summed E-state index contributed by atoms with van der Waals surface area (Å²) in [6.07, 6.45) is 10.6. The molecule has 6 nitrogen and oxygen atoms in total. The van der Waals surface area contributed by atoms with Crippen LogP contribution in [0.4, 0.5) is 0 Å². The van der Waals surface area contributed by atoms with Gasteiger partial charge in [-0.05, 0) is 42.9 Å². The van der Waals surface area contributed by atoms with E-state index in [2.05, 4.69) is 28.5 Å². The molecule has 186 valence electrons. The normalized spacial score (nSPS) is 14.5. The van der Waals surface area contributed by atoms with E-state index in [0.29, 0.717) is 12.5 Å². The van der Waals surface area contributed by atoms with Crippen molar-refractivity contribution in [2.45, 2.75) is 71.5 Å². The molecular formula is C29H37N3O3. The van der Waals surface area contributed by atoms with Gasteiger partial charge < -0.3 is 14.8 Å². The Morgan fingerprint density at radius 3 is 2.57 bits per heavy atom. The highest BCUT2D eigenvalue weighted by Gasteiger charge is 2.21. The maximum absolute atomic E-state index is 11.6. The molecule has 1 saturated carbocycles. The van der Waals surface area contributed by atoms with E-state index in [1.165, 1.54) is 43.9 Å². The molecule has 1 aromatic heterocycles. The Morgan fingerprint density at radius 1 is 1.09 bits per heavy atom. The summed E-state index contributed by atoms with van der Waals surface area (Å²) >= 11 is 0. The van der Waals surface area contributed by atoms with Crippen molar-refractivity contribution in [3.63, 3.8) is 0 Å². The summed E-state index contributed by atoms with van der Waals surface area (Å²) < 4.78 is 2.35. The van der Waals surface area contributed by atoms with Crippen LogP contribution in [0, 0.1) is 5.92 Å². The minimum atomic E-state index is -1.10. The van der Waals surface area contributed by atoms with Crippen LogP contribution in [0.25, 0.3) is 11.4 Å². The van der Waals surface area contributed by atoms with E-state index in [-0.39, 0.29) is 11.3 Å². The molecule has 35 heavy (non-hydrogen) atoms. The quantitative estimate of drug-likeness (QED) is 0.338. The molecule has 3 aromatic rings. The Hall–Kier alpha value is -3.12. The third-order valence-corrected chi connectivity index (χ3v) is 7.03. The fraction of sp³-hybridized carbons (Fsp3) is 0.448. The molecule has 0 atom stereocenters. The average molecular weight is 476 g/mol. The predicted octanol–water partition coefficient (Wildman–Crippen LogP) is 6.34. The lowest BCUT2D eigenvalue weighted by Crippen LogP contribution is -2.31. The van der Waals surface area contributed by atoms with Gasteiger partial charge in [0.05, 0.1) is 11.9 Å². The number of aromatic carboxylic acids is 1. The number of rotatable bonds is 11. The van der Waals surface area contributed by atoms with Crippen LogP contribution in [-0.2, 0) is 19.6 Å². The zero-order valence-electron chi connectivity index (χ0n) is 20.7. The fourth-order valence-corrected chi connectivity index (χ4v) is 5.18. The Balaban J connectivity index is 1.62. The minimum absolute atomic E-state index is 0.0422. The second-order valence-electron chi connectivity index (χ2n) is 9.77. The molecule has 1 aliphatic rings. The Labute approximate surface area is 208 Å². The van der Waals surface area contributed by atoms with Crippen LogP contribution in [0.15, 0.2) is 54.7 Å². The fourth-order valence-electron chi connectivity index (χ4n) is 5.18. The largest absolute Gasteiger partial charge is 0.507 e. The maximum atomic E-state index is 11.6. The summed E-state index contributed by atoms with van der Waals surface area (Å²) in [5.74, 6) is 0.364. The van der Waals surface area contributed by atoms with Gasteiger partial charge in [-0.1, -0.05) is 69.0 Å². The van der Waals surface area contributed by atoms with Crippen LogP contribution < -0.4 is 0 Å². The predicted molar refractivity (Wildman–Crippen MR) is 138 cm³/mol. The molecule has 1 fully saturated rings. The van der Waals surface area contributed by atoms with Gasteiger partial charge in [0.15, 0.2) is 0 Å². The number of carboxylic acids is 1. The highest BCUT2D eigenvalue weighted by Crippen LogP contribution is 2.28. The van der Waals surface area contributed by atoms with Gasteiger partial charge in [-0.3, -0.25) is 4.90 Å². The third kappa shape index (κ3) is 6.51. The minimum Gasteiger partial charge on any atom is -0.507 e. The molecule has 0 radical (unpaired) electrons. The van der Waals surface area contributed by atoms with Crippen LogP contribution in [0.5, 0.6) is 5.75 Å². The molecule has 1 aliphatic carbocycles. The first-order valence-corrected chi connectivity index (χ1v) is 12.9. The first kappa shape index (κ1) is 25.0. The van der Waals surface area contributed by atoms with Crippen molar-refractivity contribution in [1.82, 2.24) is 14.5 Å². The number of hydrogen-bond acceptors (Lipinski definition) is 4. The zero-order chi connectivity index (χ0) is 24.6. The van der Waals surface area contributed by atoms with Gasteiger partial charge in [0, 0.05) is 31.7 Å². The molecular weight excluding hydrogens is 438 g/mol. The van der Waals surface area contributed by atoms with E-state index < -0.39 is 5.97 Å². The molecule has 0 bridgehead atoms. The van der Waals surface area contributed by atoms with Gasteiger partial charge in [0.25, 0.3) is 0 Å². The van der Waals surface area contributed by atoms with E-state index in [9.17, 15) is 15.0 Å². The molecule has 0 spiro atoms. The lowest BCUT2D eigenvalue weighted by atomic mass is 9.89. The standard InChI is InChI=1S/C29H37N3O3/c1-2-3-16-32-25(18-30-28(32)24-12-8-5-9-13-24)21-31(19-22-10-6-4-7-11-22)20-23-14-15-27(33)26(17-23)29(34)35/h5,8-9,12-15,17-18,22,33H,2-4,6-7,10-11,16,19-21H2,1H3,(H,34,35). The molecule has 0 saturated heterocycles.